The molecule has 4 rings (SSSR count). The first-order valence-electron chi connectivity index (χ1n) is 7.15. The van der Waals surface area contributed by atoms with Gasteiger partial charge < -0.3 is 14.4 Å². The number of hydrogen-bond donors (Lipinski definition) is 0. The lowest BCUT2D eigenvalue weighted by Crippen LogP contribution is -2.35. The maximum Gasteiger partial charge on any atom is 0.180 e. The Labute approximate surface area is 128 Å². The number of aromatic nitrogens is 2. The molecule has 2 aromatic rings. The molecule has 0 radical (unpaired) electrons. The monoisotopic (exact) mass is 292 g/mol. The van der Waals surface area contributed by atoms with Crippen LogP contribution in [0.25, 0.3) is 18.0 Å². The third-order valence-electron chi connectivity index (χ3n) is 4.29. The summed E-state index contributed by atoms with van der Waals surface area (Å²) in [4.78, 5) is 20.6. The number of hydrogen-bond acceptors (Lipinski definition) is 4. The van der Waals surface area contributed by atoms with Gasteiger partial charge in [-0.1, -0.05) is 12.1 Å². The maximum absolute atomic E-state index is 11.6. The number of allylic oxidation sites excluding steroid dienone is 1. The quantitative estimate of drug-likeness (QED) is 0.707. The molecule has 0 spiro atoms. The standard InChI is InChI=1S/C17H16N4O/c1-19-15-10-11(22)8-9-12(15)18-16(19)17-20(2)13-6-4-5-7-14(13)21(17)3/h4-10H,1-3H3. The van der Waals surface area contributed by atoms with E-state index in [2.05, 4.69) is 21.9 Å². The van der Waals surface area contributed by atoms with Gasteiger partial charge in [-0.15, -0.1) is 0 Å². The van der Waals surface area contributed by atoms with Crippen LogP contribution in [0, 0.1) is 0 Å². The van der Waals surface area contributed by atoms with Gasteiger partial charge in [0, 0.05) is 27.2 Å². The van der Waals surface area contributed by atoms with Crippen LogP contribution >= 0.6 is 0 Å². The van der Waals surface area contributed by atoms with Gasteiger partial charge in [-0.25, -0.2) is 4.98 Å². The minimum absolute atomic E-state index is 0.00321. The molecule has 2 heterocycles. The minimum Gasteiger partial charge on any atom is -0.326 e. The van der Waals surface area contributed by atoms with Crippen molar-refractivity contribution in [3.05, 3.63) is 46.9 Å². The number of ketones is 1. The van der Waals surface area contributed by atoms with Crippen LogP contribution in [-0.4, -0.2) is 29.4 Å². The maximum atomic E-state index is 11.6. The fraction of sp³-hybridized carbons (Fsp3) is 0.176. The lowest BCUT2D eigenvalue weighted by atomic mass is 10.2. The zero-order valence-corrected chi connectivity index (χ0v) is 12.7. The topological polar surface area (TPSA) is 41.4 Å². The van der Waals surface area contributed by atoms with Crippen molar-refractivity contribution >= 4 is 35.1 Å². The second kappa shape index (κ2) is 4.34. The first-order chi connectivity index (χ1) is 10.6. The summed E-state index contributed by atoms with van der Waals surface area (Å²) in [5, 5.41) is 0.854. The number of rotatable bonds is 0. The van der Waals surface area contributed by atoms with E-state index in [0.29, 0.717) is 0 Å². The van der Waals surface area contributed by atoms with Crippen molar-refractivity contribution in [1.82, 2.24) is 9.55 Å². The highest BCUT2D eigenvalue weighted by atomic mass is 16.1. The molecule has 0 atom stereocenters. The lowest BCUT2D eigenvalue weighted by molar-refractivity contribution is -0.109. The first-order valence-corrected chi connectivity index (χ1v) is 7.15. The molecule has 0 N–H and O–H groups in total. The van der Waals surface area contributed by atoms with E-state index in [4.69, 9.17) is 4.98 Å². The second-order valence-corrected chi connectivity index (χ2v) is 5.58. The van der Waals surface area contributed by atoms with E-state index in [9.17, 15) is 4.79 Å². The molecular weight excluding hydrogens is 276 g/mol. The summed E-state index contributed by atoms with van der Waals surface area (Å²) >= 11 is 0. The van der Waals surface area contributed by atoms with Crippen molar-refractivity contribution in [2.24, 2.45) is 7.05 Å². The number of para-hydroxylation sites is 2. The molecule has 0 fully saturated rings. The van der Waals surface area contributed by atoms with Crippen LogP contribution in [0.4, 0.5) is 11.4 Å². The SMILES string of the molecule is CN1C(=c2nc3c(n2C)=CC(=O)C=C3)N(C)c2ccccc21. The molecule has 110 valence electrons. The van der Waals surface area contributed by atoms with Crippen LogP contribution in [0.15, 0.2) is 30.3 Å². The summed E-state index contributed by atoms with van der Waals surface area (Å²) in [7, 11) is 6.02. The summed E-state index contributed by atoms with van der Waals surface area (Å²) in [6, 6.07) is 8.25. The van der Waals surface area contributed by atoms with Gasteiger partial charge in [0.2, 0.25) is 0 Å². The van der Waals surface area contributed by atoms with E-state index in [1.165, 1.54) is 0 Å². The van der Waals surface area contributed by atoms with Crippen LogP contribution in [-0.2, 0) is 11.8 Å². The van der Waals surface area contributed by atoms with Gasteiger partial charge in [0.1, 0.15) is 0 Å². The highest BCUT2D eigenvalue weighted by Crippen LogP contribution is 2.39. The number of fused-ring (bicyclic) bond motifs is 2. The Hall–Kier alpha value is -2.82. The van der Waals surface area contributed by atoms with Crippen molar-refractivity contribution < 1.29 is 4.79 Å². The van der Waals surface area contributed by atoms with Crippen molar-refractivity contribution in [2.45, 2.75) is 0 Å². The van der Waals surface area contributed by atoms with E-state index in [-0.39, 0.29) is 5.78 Å². The molecule has 0 unspecified atom stereocenters. The highest BCUT2D eigenvalue weighted by Gasteiger charge is 2.28. The number of nitrogens with zero attached hydrogens (tertiary/aromatic N) is 4. The number of imidazole rings is 1. The smallest absolute Gasteiger partial charge is 0.180 e. The summed E-state index contributed by atoms with van der Waals surface area (Å²) < 4.78 is 1.98. The molecule has 5 heteroatoms. The summed E-state index contributed by atoms with van der Waals surface area (Å²) in [5.41, 5.74) is 3.98. The van der Waals surface area contributed by atoms with Gasteiger partial charge in [0.15, 0.2) is 17.1 Å². The van der Waals surface area contributed by atoms with E-state index in [1.807, 2.05) is 37.8 Å². The molecule has 0 saturated carbocycles. The number of benzene rings is 1. The molecule has 2 aliphatic rings. The zero-order valence-electron chi connectivity index (χ0n) is 12.7. The van der Waals surface area contributed by atoms with Gasteiger partial charge in [-0.2, -0.15) is 0 Å². The van der Waals surface area contributed by atoms with Gasteiger partial charge in [0.25, 0.3) is 0 Å². The Bertz CT molecular complexity index is 921. The van der Waals surface area contributed by atoms with Crippen molar-refractivity contribution in [2.75, 3.05) is 23.9 Å². The van der Waals surface area contributed by atoms with E-state index in [0.717, 1.165) is 33.7 Å². The molecule has 5 nitrogen and oxygen atoms in total. The zero-order chi connectivity index (χ0) is 15.4. The third-order valence-corrected chi connectivity index (χ3v) is 4.29. The van der Waals surface area contributed by atoms with E-state index in [1.54, 1.807) is 18.2 Å². The number of carbonyl (C=O) groups excluding carboxylic acids is 1. The first kappa shape index (κ1) is 12.9. The van der Waals surface area contributed by atoms with Crippen LogP contribution in [0.3, 0.4) is 0 Å². The third kappa shape index (κ3) is 1.59. The Morgan fingerprint density at radius 2 is 1.59 bits per heavy atom. The lowest BCUT2D eigenvalue weighted by Gasteiger charge is -2.17. The summed E-state index contributed by atoms with van der Waals surface area (Å²) in [5.74, 6) is 1.01. The van der Waals surface area contributed by atoms with E-state index >= 15 is 0 Å². The van der Waals surface area contributed by atoms with Crippen LogP contribution in [0.2, 0.25) is 0 Å². The predicted molar refractivity (Wildman–Crippen MR) is 87.6 cm³/mol. The Kier molecular flexibility index (Phi) is 2.54. The van der Waals surface area contributed by atoms with E-state index < -0.39 is 0 Å². The summed E-state index contributed by atoms with van der Waals surface area (Å²) in [6.07, 6.45) is 4.97. The van der Waals surface area contributed by atoms with Crippen molar-refractivity contribution in [1.29, 1.82) is 0 Å². The highest BCUT2D eigenvalue weighted by molar-refractivity contribution is 6.16. The predicted octanol–water partition coefficient (Wildman–Crippen LogP) is 0.448. The molecular formula is C17H16N4O. The van der Waals surface area contributed by atoms with Gasteiger partial charge in [-0.3, -0.25) is 4.79 Å². The van der Waals surface area contributed by atoms with Crippen molar-refractivity contribution in [3.63, 3.8) is 0 Å². The molecule has 1 aromatic heterocycles. The average molecular weight is 292 g/mol. The molecule has 1 aliphatic heterocycles. The summed E-state index contributed by atoms with van der Waals surface area (Å²) in [6.45, 7) is 0. The molecule has 1 aliphatic carbocycles. The minimum atomic E-state index is 0.00321. The normalized spacial score (nSPS) is 16.0. The molecule has 0 amide bonds. The van der Waals surface area contributed by atoms with Crippen LogP contribution in [0.1, 0.15) is 5.69 Å². The number of carbonyl (C=O) groups is 1. The van der Waals surface area contributed by atoms with Crippen LogP contribution in [0.5, 0.6) is 0 Å². The molecule has 22 heavy (non-hydrogen) atoms. The Morgan fingerprint density at radius 3 is 2.23 bits per heavy atom. The fourth-order valence-corrected chi connectivity index (χ4v) is 3.15. The number of anilines is 2. The molecule has 0 bridgehead atoms. The second-order valence-electron chi connectivity index (χ2n) is 5.58. The van der Waals surface area contributed by atoms with Gasteiger partial charge in [-0.05, 0) is 24.3 Å². The largest absolute Gasteiger partial charge is 0.326 e. The van der Waals surface area contributed by atoms with Gasteiger partial charge >= 0.3 is 0 Å². The fourth-order valence-electron chi connectivity index (χ4n) is 3.15. The average Bonchev–Trinajstić information content (AvgIpc) is 2.96. The van der Waals surface area contributed by atoms with Crippen molar-refractivity contribution in [3.8, 4) is 0 Å². The molecule has 0 saturated heterocycles. The van der Waals surface area contributed by atoms with Crippen LogP contribution < -0.4 is 20.6 Å². The molecule has 1 aromatic carbocycles. The van der Waals surface area contributed by atoms with Gasteiger partial charge in [0.05, 0.1) is 22.4 Å². The Balaban J connectivity index is 2.04. The Morgan fingerprint density at radius 1 is 0.955 bits per heavy atom.